The van der Waals surface area contributed by atoms with E-state index < -0.39 is 11.7 Å². The van der Waals surface area contributed by atoms with Gasteiger partial charge < -0.3 is 10.9 Å². The molecule has 0 atom stereocenters. The molecule has 3 nitrogen and oxygen atoms in total. The van der Waals surface area contributed by atoms with E-state index in [-0.39, 0.29) is 12.3 Å². The van der Waals surface area contributed by atoms with Crippen LogP contribution in [0.1, 0.15) is 11.1 Å². The van der Waals surface area contributed by atoms with Crippen molar-refractivity contribution < 1.29 is 18.4 Å². The van der Waals surface area contributed by atoms with Gasteiger partial charge in [0.2, 0.25) is 0 Å². The van der Waals surface area contributed by atoms with Gasteiger partial charge in [-0.2, -0.15) is 13.2 Å². The third-order valence-corrected chi connectivity index (χ3v) is 1.86. The second kappa shape index (κ2) is 4.31. The number of hydrogen-bond acceptors (Lipinski definition) is 3. The first-order valence-electron chi connectivity index (χ1n) is 4.07. The molecule has 1 rings (SSSR count). The fourth-order valence-electron chi connectivity index (χ4n) is 1.07. The van der Waals surface area contributed by atoms with Crippen molar-refractivity contribution >= 4 is 5.71 Å². The number of alkyl halides is 3. The molecule has 1 aromatic carbocycles. The van der Waals surface area contributed by atoms with Crippen molar-refractivity contribution in [2.24, 2.45) is 10.9 Å². The molecule has 1 aromatic rings. The van der Waals surface area contributed by atoms with E-state index in [4.69, 9.17) is 10.9 Å². The zero-order chi connectivity index (χ0) is 11.5. The summed E-state index contributed by atoms with van der Waals surface area (Å²) in [5.74, 6) is 0. The van der Waals surface area contributed by atoms with Crippen molar-refractivity contribution in [2.75, 3.05) is 6.54 Å². The molecular formula is C9H9F3N2O. The molecule has 0 fully saturated rings. The van der Waals surface area contributed by atoms with Gasteiger partial charge in [-0.3, -0.25) is 0 Å². The number of hydrogen-bond donors (Lipinski definition) is 2. The Hall–Kier alpha value is -1.56. The summed E-state index contributed by atoms with van der Waals surface area (Å²) in [6.07, 6.45) is -4.36. The van der Waals surface area contributed by atoms with Crippen LogP contribution in [0.2, 0.25) is 0 Å². The molecule has 82 valence electrons. The maximum absolute atomic E-state index is 12.2. The second-order valence-corrected chi connectivity index (χ2v) is 2.83. The first kappa shape index (κ1) is 11.5. The average molecular weight is 218 g/mol. The van der Waals surface area contributed by atoms with Gasteiger partial charge in [0.15, 0.2) is 0 Å². The highest BCUT2D eigenvalue weighted by molar-refractivity contribution is 6.01. The highest BCUT2D eigenvalue weighted by Crippen LogP contribution is 2.29. The fraction of sp³-hybridized carbons (Fsp3) is 0.222. The van der Waals surface area contributed by atoms with E-state index in [0.29, 0.717) is 5.56 Å². The quantitative estimate of drug-likeness (QED) is 0.452. The van der Waals surface area contributed by atoms with E-state index in [0.717, 1.165) is 12.1 Å². The summed E-state index contributed by atoms with van der Waals surface area (Å²) < 4.78 is 36.5. The van der Waals surface area contributed by atoms with E-state index >= 15 is 0 Å². The molecule has 6 heteroatoms. The molecule has 0 aliphatic heterocycles. The van der Waals surface area contributed by atoms with Crippen molar-refractivity contribution in [3.8, 4) is 0 Å². The predicted octanol–water partition coefficient (Wildman–Crippen LogP) is 1.84. The van der Waals surface area contributed by atoms with Crippen molar-refractivity contribution in [3.05, 3.63) is 35.4 Å². The van der Waals surface area contributed by atoms with Crippen molar-refractivity contribution in [1.29, 1.82) is 0 Å². The van der Waals surface area contributed by atoms with E-state index in [1.54, 1.807) is 0 Å². The Morgan fingerprint density at radius 3 is 2.13 bits per heavy atom. The molecular weight excluding hydrogens is 209 g/mol. The molecule has 0 saturated carbocycles. The number of benzene rings is 1. The summed E-state index contributed by atoms with van der Waals surface area (Å²) in [6.45, 7) is -0.0398. The van der Waals surface area contributed by atoms with E-state index in [9.17, 15) is 13.2 Å². The molecule has 0 bridgehead atoms. The lowest BCUT2D eigenvalue weighted by atomic mass is 10.1. The Morgan fingerprint density at radius 2 is 1.80 bits per heavy atom. The molecule has 0 aromatic heterocycles. The minimum atomic E-state index is -4.36. The highest BCUT2D eigenvalue weighted by atomic mass is 19.4. The summed E-state index contributed by atoms with van der Waals surface area (Å²) in [5.41, 5.74) is 4.99. The topological polar surface area (TPSA) is 58.6 Å². The number of rotatable bonds is 2. The summed E-state index contributed by atoms with van der Waals surface area (Å²) in [7, 11) is 0. The fourth-order valence-corrected chi connectivity index (χ4v) is 1.07. The maximum Gasteiger partial charge on any atom is 0.416 e. The van der Waals surface area contributed by atoms with Crippen LogP contribution in [0.25, 0.3) is 0 Å². The number of halogens is 3. The van der Waals surface area contributed by atoms with Gasteiger partial charge in [0, 0.05) is 12.1 Å². The van der Waals surface area contributed by atoms with Crippen molar-refractivity contribution in [3.63, 3.8) is 0 Å². The Bertz CT molecular complexity index is 357. The van der Waals surface area contributed by atoms with Crippen LogP contribution in [-0.4, -0.2) is 17.5 Å². The van der Waals surface area contributed by atoms with Crippen molar-refractivity contribution in [2.45, 2.75) is 6.18 Å². The Morgan fingerprint density at radius 1 is 1.27 bits per heavy atom. The molecule has 0 aliphatic carbocycles. The van der Waals surface area contributed by atoms with Gasteiger partial charge in [0.1, 0.15) is 5.71 Å². The van der Waals surface area contributed by atoms with E-state index in [1.807, 2.05) is 0 Å². The molecule has 0 saturated heterocycles. The normalized spacial score (nSPS) is 12.9. The smallest absolute Gasteiger partial charge is 0.411 e. The van der Waals surface area contributed by atoms with Crippen LogP contribution in [0.15, 0.2) is 29.4 Å². The number of nitrogens with zero attached hydrogens (tertiary/aromatic N) is 1. The Balaban J connectivity index is 3.00. The average Bonchev–Trinajstić information content (AvgIpc) is 2.19. The molecule has 15 heavy (non-hydrogen) atoms. The van der Waals surface area contributed by atoms with Gasteiger partial charge in [-0.1, -0.05) is 17.3 Å². The zero-order valence-corrected chi connectivity index (χ0v) is 7.62. The van der Waals surface area contributed by atoms with Crippen molar-refractivity contribution in [1.82, 2.24) is 0 Å². The summed E-state index contributed by atoms with van der Waals surface area (Å²) in [5, 5.41) is 11.4. The monoisotopic (exact) mass is 218 g/mol. The zero-order valence-electron chi connectivity index (χ0n) is 7.62. The minimum Gasteiger partial charge on any atom is -0.411 e. The predicted molar refractivity (Wildman–Crippen MR) is 48.8 cm³/mol. The largest absolute Gasteiger partial charge is 0.416 e. The summed E-state index contributed by atoms with van der Waals surface area (Å²) in [4.78, 5) is 0. The molecule has 0 heterocycles. The molecule has 0 amide bonds. The molecule has 0 aliphatic rings. The van der Waals surface area contributed by atoms with Crippen LogP contribution >= 0.6 is 0 Å². The Kier molecular flexibility index (Phi) is 3.31. The van der Waals surface area contributed by atoms with Gasteiger partial charge in [0.05, 0.1) is 5.56 Å². The van der Waals surface area contributed by atoms with Gasteiger partial charge >= 0.3 is 6.18 Å². The lowest BCUT2D eigenvalue weighted by Gasteiger charge is -2.07. The Labute approximate surface area is 84.0 Å². The van der Waals surface area contributed by atoms with Crippen LogP contribution in [0, 0.1) is 0 Å². The first-order chi connectivity index (χ1) is 6.99. The van der Waals surface area contributed by atoms with E-state index in [2.05, 4.69) is 5.16 Å². The number of nitrogens with two attached hydrogens (primary N) is 1. The third kappa shape index (κ3) is 2.69. The lowest BCUT2D eigenvalue weighted by Crippen LogP contribution is -2.15. The SMILES string of the molecule is NCC(=NO)c1ccc(C(F)(F)F)cc1. The molecule has 0 spiro atoms. The van der Waals surface area contributed by atoms with Gasteiger partial charge in [-0.05, 0) is 12.1 Å². The molecule has 0 radical (unpaired) electrons. The summed E-state index contributed by atoms with van der Waals surface area (Å²) >= 11 is 0. The summed E-state index contributed by atoms with van der Waals surface area (Å²) in [6, 6.07) is 4.25. The molecule has 3 N–H and O–H groups in total. The minimum absolute atomic E-state index is 0.0398. The van der Waals surface area contributed by atoms with Gasteiger partial charge in [-0.25, -0.2) is 0 Å². The highest BCUT2D eigenvalue weighted by Gasteiger charge is 2.30. The van der Waals surface area contributed by atoms with Crippen LogP contribution in [-0.2, 0) is 6.18 Å². The van der Waals surface area contributed by atoms with Crippen LogP contribution in [0.5, 0.6) is 0 Å². The second-order valence-electron chi connectivity index (χ2n) is 2.83. The lowest BCUT2D eigenvalue weighted by molar-refractivity contribution is -0.137. The third-order valence-electron chi connectivity index (χ3n) is 1.86. The first-order valence-corrected chi connectivity index (χ1v) is 4.07. The van der Waals surface area contributed by atoms with Crippen LogP contribution in [0.3, 0.4) is 0 Å². The number of oxime groups is 1. The van der Waals surface area contributed by atoms with Crippen LogP contribution in [0.4, 0.5) is 13.2 Å². The van der Waals surface area contributed by atoms with Gasteiger partial charge in [-0.15, -0.1) is 0 Å². The maximum atomic E-state index is 12.2. The van der Waals surface area contributed by atoms with Gasteiger partial charge in [0.25, 0.3) is 0 Å². The van der Waals surface area contributed by atoms with E-state index in [1.165, 1.54) is 12.1 Å². The molecule has 0 unspecified atom stereocenters. The standard InChI is InChI=1S/C9H9F3N2O/c10-9(11,12)7-3-1-6(2-4-7)8(5-13)14-15/h1-4,15H,5,13H2. The van der Waals surface area contributed by atoms with Crippen LogP contribution < -0.4 is 5.73 Å².